The molecule has 2 unspecified atom stereocenters. The number of unbranched alkanes of at least 4 members (excludes halogenated alkanes) is 1. The number of carbonyl (C=O) groups is 2. The molecule has 0 aliphatic carbocycles. The fraction of sp³-hybridized carbons (Fsp3) is 0.833. The average Bonchev–Trinajstić information content (AvgIpc) is 2.14. The zero-order chi connectivity index (χ0) is 11.8. The van der Waals surface area contributed by atoms with Crippen molar-refractivity contribution in [1.82, 2.24) is 0 Å². The van der Waals surface area contributed by atoms with Crippen LogP contribution in [0.4, 0.5) is 0 Å². The lowest BCUT2D eigenvalue weighted by Crippen LogP contribution is -2.30. The maximum atomic E-state index is 11.5. The van der Waals surface area contributed by atoms with Crippen LogP contribution in [0.25, 0.3) is 0 Å². The molecule has 0 aliphatic rings. The first-order chi connectivity index (χ1) is 7.04. The number of esters is 1. The van der Waals surface area contributed by atoms with Crippen LogP contribution < -0.4 is 0 Å². The first-order valence-corrected chi connectivity index (χ1v) is 5.71. The van der Waals surface area contributed by atoms with Gasteiger partial charge < -0.3 is 4.74 Å². The third-order valence-corrected chi connectivity index (χ3v) is 2.56. The van der Waals surface area contributed by atoms with E-state index in [0.717, 1.165) is 19.3 Å². The highest BCUT2D eigenvalue weighted by molar-refractivity contribution is 5.98. The van der Waals surface area contributed by atoms with Crippen molar-refractivity contribution in [3.05, 3.63) is 0 Å². The van der Waals surface area contributed by atoms with Gasteiger partial charge in [-0.25, -0.2) is 0 Å². The molecule has 3 heteroatoms. The molecular weight excluding hydrogens is 192 g/mol. The van der Waals surface area contributed by atoms with Crippen molar-refractivity contribution >= 4 is 11.8 Å². The molecule has 3 nitrogen and oxygen atoms in total. The number of hydrogen-bond donors (Lipinski definition) is 0. The summed E-state index contributed by atoms with van der Waals surface area (Å²) in [6.45, 7) is 7.59. The summed E-state index contributed by atoms with van der Waals surface area (Å²) >= 11 is 0. The molecule has 15 heavy (non-hydrogen) atoms. The van der Waals surface area contributed by atoms with Crippen LogP contribution in [0, 0.1) is 11.8 Å². The second-order valence-electron chi connectivity index (χ2n) is 3.96. The molecule has 0 fully saturated rings. The zero-order valence-electron chi connectivity index (χ0n) is 10.2. The van der Waals surface area contributed by atoms with E-state index in [1.54, 1.807) is 6.92 Å². The van der Waals surface area contributed by atoms with Gasteiger partial charge in [0.25, 0.3) is 0 Å². The fourth-order valence-electron chi connectivity index (χ4n) is 1.72. The monoisotopic (exact) mass is 214 g/mol. The van der Waals surface area contributed by atoms with Gasteiger partial charge in [-0.2, -0.15) is 0 Å². The second-order valence-corrected chi connectivity index (χ2v) is 3.96. The SMILES string of the molecule is CCCCC(C)C(C(C)=O)C(=O)OCC. The number of rotatable bonds is 7. The number of carbonyl (C=O) groups excluding carboxylic acids is 2. The Kier molecular flexibility index (Phi) is 7.01. The first-order valence-electron chi connectivity index (χ1n) is 5.71. The average molecular weight is 214 g/mol. The van der Waals surface area contributed by atoms with Crippen LogP contribution in [0.1, 0.15) is 47.0 Å². The van der Waals surface area contributed by atoms with E-state index >= 15 is 0 Å². The predicted molar refractivity (Wildman–Crippen MR) is 59.5 cm³/mol. The summed E-state index contributed by atoms with van der Waals surface area (Å²) in [5, 5.41) is 0. The molecule has 0 aromatic carbocycles. The van der Waals surface area contributed by atoms with E-state index in [0.29, 0.717) is 6.61 Å². The molecule has 0 N–H and O–H groups in total. The van der Waals surface area contributed by atoms with Gasteiger partial charge in [-0.1, -0.05) is 26.7 Å². The van der Waals surface area contributed by atoms with Gasteiger partial charge in [-0.3, -0.25) is 9.59 Å². The summed E-state index contributed by atoms with van der Waals surface area (Å²) < 4.78 is 4.91. The zero-order valence-corrected chi connectivity index (χ0v) is 10.2. The quantitative estimate of drug-likeness (QED) is 0.483. The van der Waals surface area contributed by atoms with E-state index in [-0.39, 0.29) is 17.7 Å². The highest BCUT2D eigenvalue weighted by Gasteiger charge is 2.30. The van der Waals surface area contributed by atoms with Crippen LogP contribution in [-0.2, 0) is 14.3 Å². The summed E-state index contributed by atoms with van der Waals surface area (Å²) in [4.78, 5) is 22.9. The van der Waals surface area contributed by atoms with Crippen molar-refractivity contribution in [2.24, 2.45) is 11.8 Å². The molecule has 0 radical (unpaired) electrons. The van der Waals surface area contributed by atoms with E-state index in [2.05, 4.69) is 6.92 Å². The van der Waals surface area contributed by atoms with Gasteiger partial charge >= 0.3 is 5.97 Å². The van der Waals surface area contributed by atoms with Crippen molar-refractivity contribution < 1.29 is 14.3 Å². The van der Waals surface area contributed by atoms with Crippen LogP contribution in [0.5, 0.6) is 0 Å². The largest absolute Gasteiger partial charge is 0.465 e. The van der Waals surface area contributed by atoms with Crippen molar-refractivity contribution in [2.45, 2.75) is 47.0 Å². The van der Waals surface area contributed by atoms with Gasteiger partial charge in [0, 0.05) is 0 Å². The Bertz CT molecular complexity index is 211. The molecule has 0 saturated heterocycles. The molecule has 0 spiro atoms. The predicted octanol–water partition coefficient (Wildman–Crippen LogP) is 2.58. The molecule has 0 bridgehead atoms. The summed E-state index contributed by atoms with van der Waals surface area (Å²) in [5.74, 6) is -0.941. The summed E-state index contributed by atoms with van der Waals surface area (Å²) in [7, 11) is 0. The molecule has 0 heterocycles. The molecule has 2 atom stereocenters. The minimum atomic E-state index is -0.573. The van der Waals surface area contributed by atoms with Gasteiger partial charge in [0.05, 0.1) is 6.61 Å². The summed E-state index contributed by atoms with van der Waals surface area (Å²) in [5.41, 5.74) is 0. The summed E-state index contributed by atoms with van der Waals surface area (Å²) in [6, 6.07) is 0. The van der Waals surface area contributed by atoms with Gasteiger partial charge in [0.2, 0.25) is 0 Å². The molecule has 88 valence electrons. The highest BCUT2D eigenvalue weighted by Crippen LogP contribution is 2.20. The van der Waals surface area contributed by atoms with E-state index in [4.69, 9.17) is 4.74 Å². The van der Waals surface area contributed by atoms with Crippen molar-refractivity contribution in [3.63, 3.8) is 0 Å². The van der Waals surface area contributed by atoms with Gasteiger partial charge in [0.1, 0.15) is 11.7 Å². The van der Waals surface area contributed by atoms with Gasteiger partial charge in [0.15, 0.2) is 0 Å². The first kappa shape index (κ1) is 14.1. The van der Waals surface area contributed by atoms with Crippen molar-refractivity contribution in [3.8, 4) is 0 Å². The van der Waals surface area contributed by atoms with Crippen LogP contribution in [0.2, 0.25) is 0 Å². The Labute approximate surface area is 92.2 Å². The van der Waals surface area contributed by atoms with E-state index in [1.165, 1.54) is 6.92 Å². The van der Waals surface area contributed by atoms with Crippen LogP contribution >= 0.6 is 0 Å². The summed E-state index contributed by atoms with van der Waals surface area (Å²) in [6.07, 6.45) is 3.03. The van der Waals surface area contributed by atoms with Gasteiger partial charge in [-0.05, 0) is 26.2 Å². The fourth-order valence-corrected chi connectivity index (χ4v) is 1.72. The van der Waals surface area contributed by atoms with Crippen molar-refractivity contribution in [2.75, 3.05) is 6.61 Å². The molecule has 0 aromatic rings. The van der Waals surface area contributed by atoms with Crippen LogP contribution in [-0.4, -0.2) is 18.4 Å². The minimum absolute atomic E-state index is 0.0847. The topological polar surface area (TPSA) is 43.4 Å². The number of Topliss-reactive ketones (excluding diaryl/α,β-unsaturated/α-hetero) is 1. The molecule has 0 saturated carbocycles. The highest BCUT2D eigenvalue weighted by atomic mass is 16.5. The van der Waals surface area contributed by atoms with Gasteiger partial charge in [-0.15, -0.1) is 0 Å². The Hall–Kier alpha value is -0.860. The number of hydrogen-bond acceptors (Lipinski definition) is 3. The molecule has 0 aromatic heterocycles. The minimum Gasteiger partial charge on any atom is -0.465 e. The standard InChI is InChI=1S/C12H22O3/c1-5-7-8-9(3)11(10(4)13)12(14)15-6-2/h9,11H,5-8H2,1-4H3. The van der Waals surface area contributed by atoms with Crippen LogP contribution in [0.15, 0.2) is 0 Å². The number of ketones is 1. The van der Waals surface area contributed by atoms with Crippen molar-refractivity contribution in [1.29, 1.82) is 0 Å². The Morgan fingerprint density at radius 2 is 1.87 bits per heavy atom. The smallest absolute Gasteiger partial charge is 0.316 e. The lowest BCUT2D eigenvalue weighted by Gasteiger charge is -2.19. The maximum Gasteiger partial charge on any atom is 0.316 e. The van der Waals surface area contributed by atoms with E-state index in [1.807, 2.05) is 6.92 Å². The Morgan fingerprint density at radius 3 is 2.27 bits per heavy atom. The molecular formula is C12H22O3. The number of ether oxygens (including phenoxy) is 1. The molecule has 0 rings (SSSR count). The lowest BCUT2D eigenvalue weighted by atomic mass is 9.87. The Morgan fingerprint density at radius 1 is 1.27 bits per heavy atom. The third-order valence-electron chi connectivity index (χ3n) is 2.56. The maximum absolute atomic E-state index is 11.5. The third kappa shape index (κ3) is 4.96. The lowest BCUT2D eigenvalue weighted by molar-refractivity contribution is -0.153. The Balaban J connectivity index is 4.37. The normalized spacial score (nSPS) is 14.4. The van der Waals surface area contributed by atoms with Crippen LogP contribution in [0.3, 0.4) is 0 Å². The van der Waals surface area contributed by atoms with E-state index < -0.39 is 5.92 Å². The molecule has 0 amide bonds. The van der Waals surface area contributed by atoms with E-state index in [9.17, 15) is 9.59 Å². The molecule has 0 aliphatic heterocycles. The second kappa shape index (κ2) is 7.43.